The normalized spacial score (nSPS) is 13.2. The average Bonchev–Trinajstić information content (AvgIpc) is 2.77. The molecule has 1 heterocycles. The highest BCUT2D eigenvalue weighted by molar-refractivity contribution is 7.91. The summed E-state index contributed by atoms with van der Waals surface area (Å²) in [5, 5.41) is 2.68. The molecule has 0 aromatic carbocycles. The Bertz CT molecular complexity index is 538. The lowest BCUT2D eigenvalue weighted by Crippen LogP contribution is -2.28. The van der Waals surface area contributed by atoms with E-state index < -0.39 is 10.0 Å². The van der Waals surface area contributed by atoms with Crippen molar-refractivity contribution in [2.24, 2.45) is 5.73 Å². The van der Waals surface area contributed by atoms with E-state index in [0.29, 0.717) is 30.1 Å². The fraction of sp³-hybridized carbons (Fsp3) is 0.583. The lowest BCUT2D eigenvalue weighted by atomic mass is 10.3. The third kappa shape index (κ3) is 6.00. The van der Waals surface area contributed by atoms with Gasteiger partial charge in [0, 0.05) is 30.9 Å². The summed E-state index contributed by atoms with van der Waals surface area (Å²) in [6.07, 6.45) is 1.22. The van der Waals surface area contributed by atoms with Crippen LogP contribution in [0.5, 0.6) is 0 Å². The molecule has 20 heavy (non-hydrogen) atoms. The van der Waals surface area contributed by atoms with E-state index in [1.165, 1.54) is 18.3 Å². The number of thiophene rings is 1. The summed E-state index contributed by atoms with van der Waals surface area (Å²) in [5.41, 5.74) is 5.58. The zero-order valence-electron chi connectivity index (χ0n) is 11.7. The fourth-order valence-electron chi connectivity index (χ4n) is 1.49. The molecule has 0 aliphatic heterocycles. The number of hydrogen-bond donors (Lipinski definition) is 3. The van der Waals surface area contributed by atoms with Crippen LogP contribution in [-0.2, 0) is 21.2 Å². The number of amides is 1. The molecule has 6 nitrogen and oxygen atoms in total. The van der Waals surface area contributed by atoms with Gasteiger partial charge in [0.25, 0.3) is 0 Å². The number of rotatable bonds is 8. The van der Waals surface area contributed by atoms with Gasteiger partial charge in [0.15, 0.2) is 0 Å². The largest absolute Gasteiger partial charge is 0.356 e. The molecule has 0 spiro atoms. The molecular formula is C12H21N3O3S2. The molecule has 1 amide bonds. The van der Waals surface area contributed by atoms with E-state index in [4.69, 9.17) is 5.73 Å². The average molecular weight is 319 g/mol. The molecule has 0 aliphatic carbocycles. The van der Waals surface area contributed by atoms with Crippen LogP contribution in [0.2, 0.25) is 0 Å². The van der Waals surface area contributed by atoms with E-state index >= 15 is 0 Å². The van der Waals surface area contributed by atoms with Crippen LogP contribution in [0.3, 0.4) is 0 Å². The number of nitrogens with one attached hydrogen (secondary N) is 2. The van der Waals surface area contributed by atoms with Gasteiger partial charge < -0.3 is 11.1 Å². The van der Waals surface area contributed by atoms with Crippen LogP contribution in [0.4, 0.5) is 0 Å². The zero-order chi connectivity index (χ0) is 15.2. The monoisotopic (exact) mass is 319 g/mol. The summed E-state index contributed by atoms with van der Waals surface area (Å²) < 4.78 is 26.8. The molecule has 1 atom stereocenters. The van der Waals surface area contributed by atoms with Crippen molar-refractivity contribution < 1.29 is 13.2 Å². The molecule has 0 saturated heterocycles. The molecule has 1 aromatic heterocycles. The van der Waals surface area contributed by atoms with E-state index in [1.807, 2.05) is 6.92 Å². The van der Waals surface area contributed by atoms with Gasteiger partial charge in [-0.2, -0.15) is 0 Å². The Morgan fingerprint density at radius 3 is 2.70 bits per heavy atom. The first-order chi connectivity index (χ1) is 9.31. The highest BCUT2D eigenvalue weighted by Crippen LogP contribution is 2.21. The summed E-state index contributed by atoms with van der Waals surface area (Å²) in [7, 11) is -3.45. The number of nitrogens with two attached hydrogens (primary N) is 1. The molecular weight excluding hydrogens is 298 g/mol. The Labute approximate surface area is 123 Å². The van der Waals surface area contributed by atoms with Crippen molar-refractivity contribution >= 4 is 27.3 Å². The van der Waals surface area contributed by atoms with Gasteiger partial charge in [0.05, 0.1) is 0 Å². The summed E-state index contributed by atoms with van der Waals surface area (Å²) in [6, 6.07) is 3.32. The van der Waals surface area contributed by atoms with Crippen molar-refractivity contribution in [2.45, 2.75) is 36.9 Å². The van der Waals surface area contributed by atoms with Crippen molar-refractivity contribution in [2.75, 3.05) is 13.1 Å². The number of sulfonamides is 1. The molecule has 0 bridgehead atoms. The maximum absolute atomic E-state index is 12.0. The molecule has 114 valence electrons. The number of carbonyl (C=O) groups is 1. The fourth-order valence-corrected chi connectivity index (χ4v) is 3.94. The van der Waals surface area contributed by atoms with Gasteiger partial charge in [-0.3, -0.25) is 4.79 Å². The summed E-state index contributed by atoms with van der Waals surface area (Å²) in [6.45, 7) is 4.12. The second-order valence-electron chi connectivity index (χ2n) is 4.62. The van der Waals surface area contributed by atoms with Gasteiger partial charge in [-0.25, -0.2) is 13.1 Å². The number of hydrogen-bond acceptors (Lipinski definition) is 5. The number of carbonyl (C=O) groups excluding carboxylic acids is 1. The molecule has 0 radical (unpaired) electrons. The van der Waals surface area contributed by atoms with Crippen LogP contribution in [0.25, 0.3) is 0 Å². The summed E-state index contributed by atoms with van der Waals surface area (Å²) >= 11 is 1.22. The van der Waals surface area contributed by atoms with E-state index in [0.717, 1.165) is 4.88 Å². The Kier molecular flexibility index (Phi) is 6.60. The van der Waals surface area contributed by atoms with Crippen LogP contribution < -0.4 is 15.8 Å². The van der Waals surface area contributed by atoms with E-state index in [-0.39, 0.29) is 11.9 Å². The van der Waals surface area contributed by atoms with E-state index in [1.54, 1.807) is 12.1 Å². The van der Waals surface area contributed by atoms with Gasteiger partial charge in [-0.15, -0.1) is 11.3 Å². The Morgan fingerprint density at radius 2 is 2.10 bits per heavy atom. The van der Waals surface area contributed by atoms with Crippen molar-refractivity contribution in [3.8, 4) is 0 Å². The molecule has 8 heteroatoms. The molecule has 0 fully saturated rings. The highest BCUT2D eigenvalue weighted by Gasteiger charge is 2.16. The molecule has 1 unspecified atom stereocenters. The second-order valence-corrected chi connectivity index (χ2v) is 7.78. The quantitative estimate of drug-likeness (QED) is 0.647. The predicted molar refractivity (Wildman–Crippen MR) is 80.2 cm³/mol. The molecule has 4 N–H and O–H groups in total. The Morgan fingerprint density at radius 1 is 1.40 bits per heavy atom. The predicted octanol–water partition coefficient (Wildman–Crippen LogP) is 0.442. The van der Waals surface area contributed by atoms with Gasteiger partial charge in [0.1, 0.15) is 4.21 Å². The summed E-state index contributed by atoms with van der Waals surface area (Å²) in [5.74, 6) is -0.0908. The van der Waals surface area contributed by atoms with Gasteiger partial charge >= 0.3 is 0 Å². The molecule has 1 aromatic rings. The van der Waals surface area contributed by atoms with Crippen molar-refractivity contribution in [3.63, 3.8) is 0 Å². The van der Waals surface area contributed by atoms with Crippen molar-refractivity contribution in [1.82, 2.24) is 10.0 Å². The topological polar surface area (TPSA) is 101 Å². The lowest BCUT2D eigenvalue weighted by Gasteiger charge is -2.06. The molecule has 0 aliphatic rings. The lowest BCUT2D eigenvalue weighted by molar-refractivity contribution is -0.118. The second kappa shape index (κ2) is 7.72. The van der Waals surface area contributed by atoms with Gasteiger partial charge in [-0.05, 0) is 31.9 Å². The first-order valence-corrected chi connectivity index (χ1v) is 8.69. The Balaban J connectivity index is 2.54. The van der Waals surface area contributed by atoms with Crippen molar-refractivity contribution in [3.05, 3.63) is 17.0 Å². The minimum atomic E-state index is -3.45. The summed E-state index contributed by atoms with van der Waals surface area (Å²) in [4.78, 5) is 11.7. The van der Waals surface area contributed by atoms with Crippen LogP contribution in [-0.4, -0.2) is 33.5 Å². The standard InChI is InChI=1S/C12H21N3O3S2/c1-9(13)5-8-15-20(17,18)12-4-3-11(19-12)6-7-14-10(2)16/h3-4,9,15H,5-8,13H2,1-2H3,(H,14,16). The van der Waals surface area contributed by atoms with Gasteiger partial charge in [0.2, 0.25) is 15.9 Å². The van der Waals surface area contributed by atoms with Crippen LogP contribution in [0, 0.1) is 0 Å². The highest BCUT2D eigenvalue weighted by atomic mass is 32.2. The van der Waals surface area contributed by atoms with Crippen LogP contribution in [0.15, 0.2) is 16.3 Å². The van der Waals surface area contributed by atoms with Crippen LogP contribution >= 0.6 is 11.3 Å². The first-order valence-electron chi connectivity index (χ1n) is 6.39. The van der Waals surface area contributed by atoms with Crippen molar-refractivity contribution in [1.29, 1.82) is 0 Å². The third-order valence-corrected chi connectivity index (χ3v) is 5.64. The third-order valence-electron chi connectivity index (χ3n) is 2.54. The maximum atomic E-state index is 12.0. The van der Waals surface area contributed by atoms with Crippen LogP contribution in [0.1, 0.15) is 25.1 Å². The SMILES string of the molecule is CC(=O)NCCc1ccc(S(=O)(=O)NCCC(C)N)s1. The minimum absolute atomic E-state index is 0.0331. The smallest absolute Gasteiger partial charge is 0.250 e. The van der Waals surface area contributed by atoms with Gasteiger partial charge in [-0.1, -0.05) is 0 Å². The molecule has 0 saturated carbocycles. The Hall–Kier alpha value is -0.960. The zero-order valence-corrected chi connectivity index (χ0v) is 13.3. The van der Waals surface area contributed by atoms with E-state index in [9.17, 15) is 13.2 Å². The minimum Gasteiger partial charge on any atom is -0.356 e. The van der Waals surface area contributed by atoms with E-state index in [2.05, 4.69) is 10.0 Å². The first kappa shape index (κ1) is 17.1. The molecule has 1 rings (SSSR count). The maximum Gasteiger partial charge on any atom is 0.250 e.